The molecule has 0 bridgehead atoms. The molecule has 2 aliphatic heterocycles. The molecule has 9 nitrogen and oxygen atoms in total. The molecule has 1 aromatic carbocycles. The van der Waals surface area contributed by atoms with E-state index >= 15 is 0 Å². The number of piperazine rings is 1. The van der Waals surface area contributed by atoms with E-state index in [-0.39, 0.29) is 23.8 Å². The lowest BCUT2D eigenvalue weighted by atomic mass is 9.79. The second-order valence-corrected chi connectivity index (χ2v) is 9.66. The van der Waals surface area contributed by atoms with Gasteiger partial charge in [-0.25, -0.2) is 9.78 Å². The molecular weight excluding hydrogens is 446 g/mol. The van der Waals surface area contributed by atoms with Crippen LogP contribution in [0, 0.1) is 19.8 Å². The fraction of sp³-hybridized carbons (Fsp3) is 0.462. The van der Waals surface area contributed by atoms with E-state index in [9.17, 15) is 14.4 Å². The first-order valence-electron chi connectivity index (χ1n) is 11.9. The molecule has 35 heavy (non-hydrogen) atoms. The second-order valence-electron chi connectivity index (χ2n) is 9.66. The van der Waals surface area contributed by atoms with E-state index in [1.54, 1.807) is 31.4 Å². The van der Waals surface area contributed by atoms with Gasteiger partial charge in [-0.1, -0.05) is 32.0 Å². The summed E-state index contributed by atoms with van der Waals surface area (Å²) in [6, 6.07) is 8.53. The van der Waals surface area contributed by atoms with Crippen LogP contribution in [0.4, 0.5) is 10.6 Å². The summed E-state index contributed by atoms with van der Waals surface area (Å²) in [6.07, 6.45) is 1.86. The van der Waals surface area contributed by atoms with E-state index in [1.165, 1.54) is 0 Å². The van der Waals surface area contributed by atoms with Gasteiger partial charge in [-0.05, 0) is 48.6 Å². The minimum absolute atomic E-state index is 0.0208. The lowest BCUT2D eigenvalue weighted by Crippen LogP contribution is -2.57. The van der Waals surface area contributed by atoms with Crippen LogP contribution >= 0.6 is 0 Å². The second kappa shape index (κ2) is 9.65. The highest BCUT2D eigenvalue weighted by atomic mass is 16.5. The molecule has 2 atom stereocenters. The molecule has 186 valence electrons. The third-order valence-electron chi connectivity index (χ3n) is 6.94. The first kappa shape index (κ1) is 24.7. The third kappa shape index (κ3) is 4.48. The SMILES string of the molecule is COCC1CN(C(=O)c2ccc(C3(C(C)C)NC(=O)NC3=O)cc2)CCN1c1ncc(C)cc1C. The Hall–Kier alpha value is -3.46. The van der Waals surface area contributed by atoms with E-state index in [0.717, 1.165) is 16.9 Å². The number of aryl methyl sites for hydroxylation is 2. The molecule has 2 N–H and O–H groups in total. The number of carbonyl (C=O) groups excluding carboxylic acids is 3. The van der Waals surface area contributed by atoms with Gasteiger partial charge in [0.25, 0.3) is 11.8 Å². The average molecular weight is 480 g/mol. The van der Waals surface area contributed by atoms with Gasteiger partial charge in [-0.3, -0.25) is 14.9 Å². The zero-order chi connectivity index (χ0) is 25.3. The number of rotatable bonds is 6. The largest absolute Gasteiger partial charge is 0.382 e. The Morgan fingerprint density at radius 2 is 1.91 bits per heavy atom. The van der Waals surface area contributed by atoms with Gasteiger partial charge >= 0.3 is 6.03 Å². The van der Waals surface area contributed by atoms with Crippen LogP contribution in [0.25, 0.3) is 0 Å². The van der Waals surface area contributed by atoms with Gasteiger partial charge in [-0.15, -0.1) is 0 Å². The summed E-state index contributed by atoms with van der Waals surface area (Å²) in [5.41, 5.74) is 2.25. The summed E-state index contributed by atoms with van der Waals surface area (Å²) >= 11 is 0. The molecule has 0 saturated carbocycles. The van der Waals surface area contributed by atoms with Crippen molar-refractivity contribution in [1.82, 2.24) is 20.5 Å². The van der Waals surface area contributed by atoms with Crippen LogP contribution in [-0.4, -0.2) is 67.1 Å². The fourth-order valence-electron chi connectivity index (χ4n) is 5.13. The number of methoxy groups -OCH3 is 1. The molecule has 2 aromatic rings. The monoisotopic (exact) mass is 479 g/mol. The smallest absolute Gasteiger partial charge is 0.322 e. The number of ether oxygens (including phenoxy) is 1. The number of imide groups is 1. The highest BCUT2D eigenvalue weighted by Crippen LogP contribution is 2.33. The van der Waals surface area contributed by atoms with Crippen LogP contribution in [0.2, 0.25) is 0 Å². The van der Waals surface area contributed by atoms with Gasteiger partial charge in [0.15, 0.2) is 0 Å². The highest BCUT2D eigenvalue weighted by Gasteiger charge is 2.50. The van der Waals surface area contributed by atoms with Crippen LogP contribution in [0.5, 0.6) is 0 Å². The first-order valence-corrected chi connectivity index (χ1v) is 11.9. The third-order valence-corrected chi connectivity index (χ3v) is 6.94. The molecule has 0 aliphatic carbocycles. The van der Waals surface area contributed by atoms with Crippen molar-refractivity contribution in [1.29, 1.82) is 0 Å². The maximum atomic E-state index is 13.4. The van der Waals surface area contributed by atoms with Crippen molar-refractivity contribution >= 4 is 23.7 Å². The first-order chi connectivity index (χ1) is 16.7. The molecule has 2 aliphatic rings. The minimum Gasteiger partial charge on any atom is -0.382 e. The lowest BCUT2D eigenvalue weighted by Gasteiger charge is -2.42. The van der Waals surface area contributed by atoms with E-state index in [2.05, 4.69) is 33.5 Å². The van der Waals surface area contributed by atoms with Crippen LogP contribution in [-0.2, 0) is 15.1 Å². The Labute approximate surface area is 205 Å². The maximum Gasteiger partial charge on any atom is 0.322 e. The number of nitrogens with zero attached hydrogens (tertiary/aromatic N) is 3. The van der Waals surface area contributed by atoms with Crippen LogP contribution in [0.15, 0.2) is 36.5 Å². The number of nitrogens with one attached hydrogen (secondary N) is 2. The molecule has 4 rings (SSSR count). The Morgan fingerprint density at radius 1 is 1.20 bits per heavy atom. The zero-order valence-electron chi connectivity index (χ0n) is 20.9. The molecule has 0 radical (unpaired) electrons. The van der Waals surface area contributed by atoms with Crippen LogP contribution in [0.1, 0.15) is 40.9 Å². The van der Waals surface area contributed by atoms with Crippen molar-refractivity contribution in [3.63, 3.8) is 0 Å². The number of carbonyl (C=O) groups is 3. The van der Waals surface area contributed by atoms with Gasteiger partial charge < -0.3 is 19.9 Å². The van der Waals surface area contributed by atoms with Crippen LogP contribution in [0.3, 0.4) is 0 Å². The van der Waals surface area contributed by atoms with E-state index < -0.39 is 11.6 Å². The van der Waals surface area contributed by atoms with Gasteiger partial charge in [0, 0.05) is 38.5 Å². The van der Waals surface area contributed by atoms with Crippen molar-refractivity contribution in [2.24, 2.45) is 5.92 Å². The van der Waals surface area contributed by atoms with E-state index in [1.807, 2.05) is 31.9 Å². The Kier molecular flexibility index (Phi) is 6.80. The molecule has 2 fully saturated rings. The topological polar surface area (TPSA) is 104 Å². The molecular formula is C26H33N5O4. The molecule has 1 aromatic heterocycles. The lowest BCUT2D eigenvalue weighted by molar-refractivity contribution is -0.125. The minimum atomic E-state index is -1.15. The number of urea groups is 1. The van der Waals surface area contributed by atoms with Gasteiger partial charge in [0.1, 0.15) is 11.4 Å². The number of anilines is 1. The highest BCUT2D eigenvalue weighted by molar-refractivity contribution is 6.07. The normalized spacial score (nSPS) is 22.4. The standard InChI is InChI=1S/C26H33N5O4/c1-16(2)26(24(33)28-25(34)29-26)20-8-6-19(7-9-20)23(32)30-10-11-31(21(14-30)15-35-5)22-18(4)12-17(3)13-27-22/h6-9,12-13,16,21H,10-11,14-15H2,1-5H3,(H2,28,29,33,34). The summed E-state index contributed by atoms with van der Waals surface area (Å²) < 4.78 is 5.48. The Morgan fingerprint density at radius 3 is 2.49 bits per heavy atom. The predicted molar refractivity (Wildman–Crippen MR) is 132 cm³/mol. The molecule has 2 saturated heterocycles. The number of benzene rings is 1. The predicted octanol–water partition coefficient (Wildman–Crippen LogP) is 2.37. The summed E-state index contributed by atoms with van der Waals surface area (Å²) in [7, 11) is 1.66. The number of hydrogen-bond donors (Lipinski definition) is 2. The molecule has 2 unspecified atom stereocenters. The quantitative estimate of drug-likeness (QED) is 0.617. The summed E-state index contributed by atoms with van der Waals surface area (Å²) in [5, 5.41) is 5.11. The number of aromatic nitrogens is 1. The average Bonchev–Trinajstić information content (AvgIpc) is 3.14. The summed E-state index contributed by atoms with van der Waals surface area (Å²) in [5.74, 6) is 0.293. The molecule has 3 heterocycles. The fourth-order valence-corrected chi connectivity index (χ4v) is 5.13. The summed E-state index contributed by atoms with van der Waals surface area (Å²) in [4.78, 5) is 46.5. The van der Waals surface area contributed by atoms with E-state index in [4.69, 9.17) is 4.74 Å². The Balaban J connectivity index is 1.53. The van der Waals surface area contributed by atoms with Crippen molar-refractivity contribution in [3.05, 3.63) is 58.8 Å². The van der Waals surface area contributed by atoms with Gasteiger partial charge in [0.2, 0.25) is 0 Å². The molecule has 0 spiro atoms. The van der Waals surface area contributed by atoms with Crippen molar-refractivity contribution in [2.75, 3.05) is 38.3 Å². The van der Waals surface area contributed by atoms with Crippen LogP contribution < -0.4 is 15.5 Å². The van der Waals surface area contributed by atoms with E-state index in [0.29, 0.717) is 37.4 Å². The number of pyridine rings is 1. The Bertz CT molecular complexity index is 1130. The zero-order valence-corrected chi connectivity index (χ0v) is 20.9. The molecule has 9 heteroatoms. The van der Waals surface area contributed by atoms with Crippen molar-refractivity contribution in [3.8, 4) is 0 Å². The number of amides is 4. The molecule has 4 amide bonds. The van der Waals surface area contributed by atoms with Crippen molar-refractivity contribution in [2.45, 2.75) is 39.3 Å². The van der Waals surface area contributed by atoms with Gasteiger partial charge in [-0.2, -0.15) is 0 Å². The van der Waals surface area contributed by atoms with Gasteiger partial charge in [0.05, 0.1) is 12.6 Å². The van der Waals surface area contributed by atoms with Crippen molar-refractivity contribution < 1.29 is 19.1 Å². The summed E-state index contributed by atoms with van der Waals surface area (Å²) in [6.45, 7) is 10.0. The maximum absolute atomic E-state index is 13.4. The number of hydrogen-bond acceptors (Lipinski definition) is 6.